The average molecular weight is 467 g/mol. The number of Topliss-reactive ketones (excluding diaryl/α,β-unsaturated/α-hetero) is 1. The van der Waals surface area contributed by atoms with Crippen molar-refractivity contribution in [3.63, 3.8) is 0 Å². The van der Waals surface area contributed by atoms with Crippen LogP contribution in [0.2, 0.25) is 0 Å². The molecular weight excluding hydrogens is 432 g/mol. The summed E-state index contributed by atoms with van der Waals surface area (Å²) in [6.07, 6.45) is 7.56. The molecule has 182 valence electrons. The van der Waals surface area contributed by atoms with Gasteiger partial charge in [0.1, 0.15) is 5.56 Å². The monoisotopic (exact) mass is 466 g/mol. The standard InChI is InChI=1S/C28H34O6/c1-17(2)10-9-11-18-14-15-20(21(16-18)19-12-7-6-8-13-19)23(29)22-24(30)27(33-4)28(34-5)25(31)26(22)32-3/h6-8,10,12-14,20-21,30-31H,9,11,15-16H2,1-5H3. The lowest BCUT2D eigenvalue weighted by Crippen LogP contribution is -2.26. The van der Waals surface area contributed by atoms with Crippen molar-refractivity contribution in [1.82, 2.24) is 0 Å². The van der Waals surface area contributed by atoms with E-state index < -0.39 is 11.7 Å². The number of rotatable bonds is 9. The van der Waals surface area contributed by atoms with Crippen LogP contribution in [-0.2, 0) is 0 Å². The second kappa shape index (κ2) is 11.1. The Morgan fingerprint density at radius 3 is 2.18 bits per heavy atom. The zero-order valence-corrected chi connectivity index (χ0v) is 20.6. The van der Waals surface area contributed by atoms with Crippen molar-refractivity contribution in [2.75, 3.05) is 21.3 Å². The van der Waals surface area contributed by atoms with Crippen molar-refractivity contribution >= 4 is 5.78 Å². The van der Waals surface area contributed by atoms with Gasteiger partial charge in [0.25, 0.3) is 0 Å². The molecule has 0 aliphatic heterocycles. The van der Waals surface area contributed by atoms with Crippen LogP contribution in [-0.4, -0.2) is 37.3 Å². The van der Waals surface area contributed by atoms with Gasteiger partial charge < -0.3 is 24.4 Å². The van der Waals surface area contributed by atoms with Crippen LogP contribution in [0.1, 0.15) is 61.4 Å². The molecular formula is C28H34O6. The normalized spacial score (nSPS) is 17.5. The fourth-order valence-electron chi connectivity index (χ4n) is 4.71. The molecule has 1 aliphatic carbocycles. The summed E-state index contributed by atoms with van der Waals surface area (Å²) in [6.45, 7) is 4.18. The first-order valence-corrected chi connectivity index (χ1v) is 11.5. The summed E-state index contributed by atoms with van der Waals surface area (Å²) < 4.78 is 15.8. The molecule has 0 radical (unpaired) electrons. The maximum absolute atomic E-state index is 13.9. The molecule has 0 saturated heterocycles. The Hall–Kier alpha value is -3.41. The van der Waals surface area contributed by atoms with Crippen LogP contribution in [0, 0.1) is 5.92 Å². The Labute approximate surface area is 201 Å². The third-order valence-corrected chi connectivity index (χ3v) is 6.38. The fourth-order valence-corrected chi connectivity index (χ4v) is 4.71. The van der Waals surface area contributed by atoms with E-state index in [-0.39, 0.29) is 40.3 Å². The Morgan fingerprint density at radius 2 is 1.59 bits per heavy atom. The second-order valence-electron chi connectivity index (χ2n) is 8.78. The van der Waals surface area contributed by atoms with Crippen LogP contribution < -0.4 is 14.2 Å². The maximum atomic E-state index is 13.9. The molecule has 2 aromatic carbocycles. The summed E-state index contributed by atoms with van der Waals surface area (Å²) in [5.74, 6) is -1.90. The molecule has 0 amide bonds. The molecule has 3 rings (SSSR count). The highest BCUT2D eigenvalue weighted by molar-refractivity contribution is 6.05. The summed E-state index contributed by atoms with van der Waals surface area (Å²) in [5, 5.41) is 21.7. The lowest BCUT2D eigenvalue weighted by atomic mass is 9.71. The van der Waals surface area contributed by atoms with Crippen molar-refractivity contribution in [3.05, 3.63) is 64.8 Å². The van der Waals surface area contributed by atoms with E-state index in [1.807, 2.05) is 30.3 Å². The Morgan fingerprint density at radius 1 is 0.971 bits per heavy atom. The van der Waals surface area contributed by atoms with Crippen molar-refractivity contribution in [3.8, 4) is 28.7 Å². The second-order valence-corrected chi connectivity index (χ2v) is 8.78. The van der Waals surface area contributed by atoms with Gasteiger partial charge in [-0.05, 0) is 51.0 Å². The Kier molecular flexibility index (Phi) is 8.26. The van der Waals surface area contributed by atoms with Gasteiger partial charge in [-0.3, -0.25) is 4.79 Å². The zero-order valence-electron chi connectivity index (χ0n) is 20.6. The van der Waals surface area contributed by atoms with E-state index in [4.69, 9.17) is 14.2 Å². The highest BCUT2D eigenvalue weighted by Crippen LogP contribution is 2.54. The highest BCUT2D eigenvalue weighted by Gasteiger charge is 2.38. The van der Waals surface area contributed by atoms with Crippen LogP contribution in [0.4, 0.5) is 0 Å². The summed E-state index contributed by atoms with van der Waals surface area (Å²) in [4.78, 5) is 13.9. The number of methoxy groups -OCH3 is 3. The minimum absolute atomic E-state index is 0.0697. The van der Waals surface area contributed by atoms with E-state index in [0.29, 0.717) is 6.42 Å². The van der Waals surface area contributed by atoms with Gasteiger partial charge in [-0.15, -0.1) is 0 Å². The third kappa shape index (κ3) is 5.06. The molecule has 2 atom stereocenters. The lowest BCUT2D eigenvalue weighted by Gasteiger charge is -2.32. The lowest BCUT2D eigenvalue weighted by molar-refractivity contribution is 0.0887. The number of carbonyl (C=O) groups excluding carboxylic acids is 1. The number of allylic oxidation sites excluding steroid dienone is 4. The predicted molar refractivity (Wildman–Crippen MR) is 132 cm³/mol. The van der Waals surface area contributed by atoms with Crippen LogP contribution in [0.15, 0.2) is 53.6 Å². The van der Waals surface area contributed by atoms with E-state index in [0.717, 1.165) is 24.8 Å². The topological polar surface area (TPSA) is 85.2 Å². The molecule has 0 bridgehead atoms. The third-order valence-electron chi connectivity index (χ3n) is 6.38. The molecule has 0 aromatic heterocycles. The fraction of sp³-hybridized carbons (Fsp3) is 0.393. The number of carbonyl (C=O) groups is 1. The van der Waals surface area contributed by atoms with E-state index in [1.165, 1.54) is 32.5 Å². The molecule has 0 spiro atoms. The van der Waals surface area contributed by atoms with Gasteiger partial charge in [-0.1, -0.05) is 53.6 Å². The minimum atomic E-state index is -0.438. The van der Waals surface area contributed by atoms with Gasteiger partial charge in [0.2, 0.25) is 17.2 Å². The molecule has 6 nitrogen and oxygen atoms in total. The first-order chi connectivity index (χ1) is 16.3. The van der Waals surface area contributed by atoms with Gasteiger partial charge in [0.05, 0.1) is 21.3 Å². The van der Waals surface area contributed by atoms with Crippen molar-refractivity contribution in [2.24, 2.45) is 5.92 Å². The molecule has 0 saturated carbocycles. The maximum Gasteiger partial charge on any atom is 0.211 e. The van der Waals surface area contributed by atoms with Gasteiger partial charge in [-0.2, -0.15) is 0 Å². The van der Waals surface area contributed by atoms with E-state index >= 15 is 0 Å². The zero-order chi connectivity index (χ0) is 24.8. The summed E-state index contributed by atoms with van der Waals surface area (Å²) >= 11 is 0. The summed E-state index contributed by atoms with van der Waals surface area (Å²) in [7, 11) is 4.02. The number of hydrogen-bond acceptors (Lipinski definition) is 6. The minimum Gasteiger partial charge on any atom is -0.504 e. The van der Waals surface area contributed by atoms with E-state index in [1.54, 1.807) is 0 Å². The highest BCUT2D eigenvalue weighted by atomic mass is 16.5. The molecule has 2 unspecified atom stereocenters. The van der Waals surface area contributed by atoms with Crippen LogP contribution in [0.3, 0.4) is 0 Å². The quantitative estimate of drug-likeness (QED) is 0.261. The largest absolute Gasteiger partial charge is 0.504 e. The van der Waals surface area contributed by atoms with Crippen LogP contribution in [0.5, 0.6) is 28.7 Å². The van der Waals surface area contributed by atoms with E-state index in [2.05, 4.69) is 26.0 Å². The number of phenolic OH excluding ortho intramolecular Hbond substituents is 2. The van der Waals surface area contributed by atoms with Gasteiger partial charge in [0, 0.05) is 5.92 Å². The molecule has 2 aromatic rings. The van der Waals surface area contributed by atoms with Crippen LogP contribution >= 0.6 is 0 Å². The molecule has 0 heterocycles. The number of hydrogen-bond donors (Lipinski definition) is 2. The van der Waals surface area contributed by atoms with Gasteiger partial charge >= 0.3 is 0 Å². The van der Waals surface area contributed by atoms with Gasteiger partial charge in [-0.25, -0.2) is 0 Å². The van der Waals surface area contributed by atoms with Gasteiger partial charge in [0.15, 0.2) is 17.3 Å². The number of aromatic hydroxyl groups is 2. The smallest absolute Gasteiger partial charge is 0.211 e. The number of benzene rings is 2. The molecule has 2 N–H and O–H groups in total. The first-order valence-electron chi connectivity index (χ1n) is 11.5. The molecule has 34 heavy (non-hydrogen) atoms. The summed E-state index contributed by atoms with van der Waals surface area (Å²) in [6, 6.07) is 9.97. The molecule has 6 heteroatoms. The average Bonchev–Trinajstić information content (AvgIpc) is 2.84. The molecule has 1 aliphatic rings. The SMILES string of the molecule is COc1c(O)c(OC)c(C(=O)C2CC=C(CCC=C(C)C)CC2c2ccccc2)c(O)c1OC. The predicted octanol–water partition coefficient (Wildman–Crippen LogP) is 6.17. The number of phenols is 2. The van der Waals surface area contributed by atoms with E-state index in [9.17, 15) is 15.0 Å². The Balaban J connectivity index is 2.06. The van der Waals surface area contributed by atoms with Crippen molar-refractivity contribution < 1.29 is 29.2 Å². The first kappa shape index (κ1) is 25.2. The Bertz CT molecular complexity index is 1080. The molecule has 0 fully saturated rings. The van der Waals surface area contributed by atoms with Crippen LogP contribution in [0.25, 0.3) is 0 Å². The van der Waals surface area contributed by atoms with Crippen molar-refractivity contribution in [1.29, 1.82) is 0 Å². The summed E-state index contributed by atoms with van der Waals surface area (Å²) in [5.41, 5.74) is 3.59. The number of ketones is 1. The van der Waals surface area contributed by atoms with Crippen molar-refractivity contribution in [2.45, 2.75) is 45.4 Å². The number of ether oxygens (including phenoxy) is 3.